The van der Waals surface area contributed by atoms with Gasteiger partial charge in [-0.3, -0.25) is 0 Å². The highest BCUT2D eigenvalue weighted by Crippen LogP contribution is 2.29. The van der Waals surface area contributed by atoms with Gasteiger partial charge in [0, 0.05) is 12.6 Å². The fourth-order valence-electron chi connectivity index (χ4n) is 2.49. The summed E-state index contributed by atoms with van der Waals surface area (Å²) < 4.78 is 11.3. The van der Waals surface area contributed by atoms with Crippen molar-refractivity contribution in [2.75, 3.05) is 6.61 Å². The fraction of sp³-hybridized carbons (Fsp3) is 0.714. The molecule has 1 saturated heterocycles. The monoisotopic (exact) mass is 237 g/mol. The van der Waals surface area contributed by atoms with E-state index in [4.69, 9.17) is 9.15 Å². The second-order valence-electron chi connectivity index (χ2n) is 5.25. The molecule has 1 aromatic heterocycles. The van der Waals surface area contributed by atoms with Gasteiger partial charge in [0.25, 0.3) is 0 Å². The molecule has 0 aromatic carbocycles. The van der Waals surface area contributed by atoms with Gasteiger partial charge in [-0.05, 0) is 45.2 Å². The number of rotatable bonds is 4. The van der Waals surface area contributed by atoms with Crippen LogP contribution >= 0.6 is 0 Å². The lowest BCUT2D eigenvalue weighted by molar-refractivity contribution is -0.0791. The maximum atomic E-state index is 5.85. The lowest BCUT2D eigenvalue weighted by Gasteiger charge is -2.39. The van der Waals surface area contributed by atoms with E-state index in [0.29, 0.717) is 6.04 Å². The Morgan fingerprint density at radius 3 is 3.06 bits per heavy atom. The number of hydrogen-bond donors (Lipinski definition) is 1. The number of ether oxygens (including phenoxy) is 1. The van der Waals surface area contributed by atoms with Crippen LogP contribution in [0.5, 0.6) is 0 Å². The van der Waals surface area contributed by atoms with Gasteiger partial charge < -0.3 is 14.5 Å². The van der Waals surface area contributed by atoms with Crippen molar-refractivity contribution >= 4 is 0 Å². The normalized spacial score (nSPS) is 31.4. The van der Waals surface area contributed by atoms with E-state index in [1.807, 2.05) is 12.1 Å². The molecule has 1 aliphatic heterocycles. The van der Waals surface area contributed by atoms with Crippen LogP contribution in [0.1, 0.15) is 51.8 Å². The third-order valence-electron chi connectivity index (χ3n) is 3.80. The van der Waals surface area contributed by atoms with Gasteiger partial charge in [0.1, 0.15) is 5.76 Å². The quantitative estimate of drug-likeness (QED) is 0.872. The molecule has 0 saturated carbocycles. The molecular formula is C14H23NO2. The van der Waals surface area contributed by atoms with Crippen LogP contribution in [0.2, 0.25) is 0 Å². The van der Waals surface area contributed by atoms with Gasteiger partial charge in [-0.25, -0.2) is 0 Å². The molecule has 1 fully saturated rings. The molecule has 0 aliphatic carbocycles. The molecule has 17 heavy (non-hydrogen) atoms. The zero-order valence-electron chi connectivity index (χ0n) is 11.0. The second-order valence-corrected chi connectivity index (χ2v) is 5.25. The van der Waals surface area contributed by atoms with E-state index >= 15 is 0 Å². The summed E-state index contributed by atoms with van der Waals surface area (Å²) in [7, 11) is 0. The summed E-state index contributed by atoms with van der Waals surface area (Å²) in [5, 5.41) is 3.64. The molecule has 2 rings (SSSR count). The smallest absolute Gasteiger partial charge is 0.120 e. The van der Waals surface area contributed by atoms with Crippen LogP contribution in [0, 0.1) is 0 Å². The molecule has 2 heterocycles. The molecular weight excluding hydrogens is 214 g/mol. The minimum atomic E-state index is 0.0405. The Morgan fingerprint density at radius 2 is 2.41 bits per heavy atom. The van der Waals surface area contributed by atoms with Crippen molar-refractivity contribution in [3.05, 3.63) is 24.2 Å². The number of nitrogens with one attached hydrogen (secondary N) is 1. The van der Waals surface area contributed by atoms with Crippen molar-refractivity contribution in [1.82, 2.24) is 5.32 Å². The van der Waals surface area contributed by atoms with E-state index in [-0.39, 0.29) is 11.6 Å². The van der Waals surface area contributed by atoms with Crippen LogP contribution in [0.25, 0.3) is 0 Å². The summed E-state index contributed by atoms with van der Waals surface area (Å²) in [5.74, 6) is 1.01. The zero-order chi connectivity index (χ0) is 12.3. The first-order valence-electron chi connectivity index (χ1n) is 6.56. The highest BCUT2D eigenvalue weighted by Gasteiger charge is 2.32. The van der Waals surface area contributed by atoms with Crippen molar-refractivity contribution < 1.29 is 9.15 Å². The van der Waals surface area contributed by atoms with Gasteiger partial charge in [0.15, 0.2) is 0 Å². The van der Waals surface area contributed by atoms with Gasteiger partial charge in [0.2, 0.25) is 0 Å². The Balaban J connectivity index is 1.91. The minimum Gasteiger partial charge on any atom is -0.468 e. The van der Waals surface area contributed by atoms with E-state index in [9.17, 15) is 0 Å². The van der Waals surface area contributed by atoms with Crippen LogP contribution in [0.15, 0.2) is 22.8 Å². The predicted molar refractivity (Wildman–Crippen MR) is 67.9 cm³/mol. The van der Waals surface area contributed by atoms with Crippen LogP contribution < -0.4 is 5.32 Å². The molecule has 3 nitrogen and oxygen atoms in total. The van der Waals surface area contributed by atoms with Gasteiger partial charge in [-0.15, -0.1) is 0 Å². The van der Waals surface area contributed by atoms with Crippen molar-refractivity contribution in [3.8, 4) is 0 Å². The first kappa shape index (κ1) is 12.7. The topological polar surface area (TPSA) is 34.4 Å². The molecule has 1 aliphatic rings. The second kappa shape index (κ2) is 5.23. The third-order valence-corrected chi connectivity index (χ3v) is 3.80. The largest absolute Gasteiger partial charge is 0.468 e. The van der Waals surface area contributed by atoms with Crippen molar-refractivity contribution in [2.45, 2.75) is 57.7 Å². The van der Waals surface area contributed by atoms with Crippen LogP contribution in [-0.2, 0) is 4.74 Å². The first-order chi connectivity index (χ1) is 8.13. The number of hydrogen-bond acceptors (Lipinski definition) is 3. The van der Waals surface area contributed by atoms with Gasteiger partial charge in [-0.2, -0.15) is 0 Å². The SMILES string of the molecule is CCC1(C)CC(N[C@@H](C)c2ccco2)CCO1. The van der Waals surface area contributed by atoms with E-state index < -0.39 is 0 Å². The Hall–Kier alpha value is -0.800. The Morgan fingerprint density at radius 1 is 1.59 bits per heavy atom. The van der Waals surface area contributed by atoms with E-state index in [0.717, 1.165) is 31.6 Å². The van der Waals surface area contributed by atoms with Gasteiger partial charge >= 0.3 is 0 Å². The maximum Gasteiger partial charge on any atom is 0.120 e. The molecule has 1 N–H and O–H groups in total. The lowest BCUT2D eigenvalue weighted by atomic mass is 9.89. The zero-order valence-corrected chi connectivity index (χ0v) is 11.0. The molecule has 1 aromatic rings. The maximum absolute atomic E-state index is 5.85. The summed E-state index contributed by atoms with van der Waals surface area (Å²) in [5.41, 5.74) is 0.0405. The molecule has 3 heteroatoms. The van der Waals surface area contributed by atoms with Crippen molar-refractivity contribution in [2.24, 2.45) is 0 Å². The fourth-order valence-corrected chi connectivity index (χ4v) is 2.49. The van der Waals surface area contributed by atoms with Gasteiger partial charge in [-0.1, -0.05) is 6.92 Å². The lowest BCUT2D eigenvalue weighted by Crippen LogP contribution is -2.45. The summed E-state index contributed by atoms with van der Waals surface area (Å²) >= 11 is 0. The van der Waals surface area contributed by atoms with E-state index in [1.165, 1.54) is 0 Å². The molecule has 0 bridgehead atoms. The Bertz CT molecular complexity index is 336. The summed E-state index contributed by atoms with van der Waals surface area (Å²) in [6.07, 6.45) is 4.96. The summed E-state index contributed by atoms with van der Waals surface area (Å²) in [6.45, 7) is 7.40. The van der Waals surface area contributed by atoms with Gasteiger partial charge in [0.05, 0.1) is 17.9 Å². The van der Waals surface area contributed by atoms with Crippen molar-refractivity contribution in [1.29, 1.82) is 0 Å². The predicted octanol–water partition coefficient (Wildman–Crippen LogP) is 3.28. The third kappa shape index (κ3) is 3.11. The molecule has 2 unspecified atom stereocenters. The molecule has 0 amide bonds. The Kier molecular flexibility index (Phi) is 3.89. The highest BCUT2D eigenvalue weighted by molar-refractivity contribution is 5.03. The average Bonchev–Trinajstić information content (AvgIpc) is 2.82. The van der Waals surface area contributed by atoms with Crippen LogP contribution in [-0.4, -0.2) is 18.2 Å². The number of furan rings is 1. The van der Waals surface area contributed by atoms with E-state index in [1.54, 1.807) is 6.26 Å². The Labute approximate surface area is 104 Å². The standard InChI is InChI=1S/C14H23NO2/c1-4-14(3)10-12(7-9-17-14)15-11(2)13-6-5-8-16-13/h5-6,8,11-12,15H,4,7,9-10H2,1-3H3/t11-,12?,14?/m0/s1. The van der Waals surface area contributed by atoms with Crippen LogP contribution in [0.4, 0.5) is 0 Å². The summed E-state index contributed by atoms with van der Waals surface area (Å²) in [6, 6.07) is 4.76. The molecule has 3 atom stereocenters. The van der Waals surface area contributed by atoms with Crippen LogP contribution in [0.3, 0.4) is 0 Å². The first-order valence-corrected chi connectivity index (χ1v) is 6.56. The summed E-state index contributed by atoms with van der Waals surface area (Å²) in [4.78, 5) is 0. The highest BCUT2D eigenvalue weighted by atomic mass is 16.5. The minimum absolute atomic E-state index is 0.0405. The van der Waals surface area contributed by atoms with E-state index in [2.05, 4.69) is 26.1 Å². The molecule has 96 valence electrons. The van der Waals surface area contributed by atoms with Crippen molar-refractivity contribution in [3.63, 3.8) is 0 Å². The molecule has 0 radical (unpaired) electrons. The molecule has 0 spiro atoms. The average molecular weight is 237 g/mol.